The molecular weight excluding hydrogens is 514 g/mol. The van der Waals surface area contributed by atoms with Gasteiger partial charge in [-0.25, -0.2) is 4.98 Å². The van der Waals surface area contributed by atoms with Gasteiger partial charge in [0.1, 0.15) is 10.7 Å². The molecule has 1 atom stereocenters. The summed E-state index contributed by atoms with van der Waals surface area (Å²) in [7, 11) is 0. The third-order valence-electron chi connectivity index (χ3n) is 6.36. The maximum absolute atomic E-state index is 12.8. The predicted octanol–water partition coefficient (Wildman–Crippen LogP) is 5.63. The molecule has 1 aromatic carbocycles. The molecule has 10 heteroatoms. The average Bonchev–Trinajstić information content (AvgIpc) is 3.58. The molecule has 8 nitrogen and oxygen atoms in total. The zero-order valence-corrected chi connectivity index (χ0v) is 24.1. The molecule has 1 unspecified atom stereocenters. The van der Waals surface area contributed by atoms with E-state index in [1.54, 1.807) is 24.2 Å². The molecule has 0 bridgehead atoms. The van der Waals surface area contributed by atoms with E-state index in [4.69, 9.17) is 0 Å². The molecule has 1 N–H and O–H groups in total. The molecule has 200 valence electrons. The molecule has 4 rings (SSSR count). The number of amides is 1. The number of carbonyl (C=O) groups is 1. The van der Waals surface area contributed by atoms with Gasteiger partial charge in [0.05, 0.1) is 5.75 Å². The summed E-state index contributed by atoms with van der Waals surface area (Å²) in [6.07, 6.45) is 5.52. The van der Waals surface area contributed by atoms with Gasteiger partial charge in [0.25, 0.3) is 5.91 Å². The van der Waals surface area contributed by atoms with Crippen LogP contribution in [0, 0.1) is 6.92 Å². The normalized spacial score (nSPS) is 12.1. The molecule has 1 amide bonds. The van der Waals surface area contributed by atoms with Crippen molar-refractivity contribution < 1.29 is 4.79 Å². The highest BCUT2D eigenvalue weighted by molar-refractivity contribution is 7.98. The van der Waals surface area contributed by atoms with Crippen LogP contribution in [0.3, 0.4) is 0 Å². The standard InChI is InChI=1S/C28H35N7OS2/c1-5-34(6-2)17-7-8-21(4)30-27(36)24-18-37-25(31-24)19-38-28-33-32-26(22-13-15-29-16-14-22)35(28)23-11-9-20(3)10-12-23/h9-16,18,21H,5-8,17,19H2,1-4H3,(H,30,36). The lowest BCUT2D eigenvalue weighted by Gasteiger charge is -2.19. The first-order chi connectivity index (χ1) is 18.5. The van der Waals surface area contributed by atoms with E-state index >= 15 is 0 Å². The summed E-state index contributed by atoms with van der Waals surface area (Å²) >= 11 is 3.05. The number of pyridine rings is 1. The third-order valence-corrected chi connectivity index (χ3v) is 8.33. The van der Waals surface area contributed by atoms with Crippen molar-refractivity contribution >= 4 is 29.0 Å². The first kappa shape index (κ1) is 27.9. The second-order valence-corrected chi connectivity index (χ2v) is 11.1. The molecule has 0 radical (unpaired) electrons. The van der Waals surface area contributed by atoms with Crippen LogP contribution in [0.2, 0.25) is 0 Å². The average molecular weight is 550 g/mol. The van der Waals surface area contributed by atoms with Gasteiger partial charge in [0.2, 0.25) is 0 Å². The largest absolute Gasteiger partial charge is 0.348 e. The fourth-order valence-corrected chi connectivity index (χ4v) is 5.86. The number of rotatable bonds is 13. The van der Waals surface area contributed by atoms with Crippen LogP contribution in [0.25, 0.3) is 17.1 Å². The highest BCUT2D eigenvalue weighted by Crippen LogP contribution is 2.30. The van der Waals surface area contributed by atoms with E-state index in [0.29, 0.717) is 11.4 Å². The van der Waals surface area contributed by atoms with E-state index in [2.05, 4.69) is 86.9 Å². The number of benzene rings is 1. The number of nitrogens with one attached hydrogen (secondary N) is 1. The van der Waals surface area contributed by atoms with Crippen LogP contribution >= 0.6 is 23.1 Å². The van der Waals surface area contributed by atoms with Crippen LogP contribution in [0.15, 0.2) is 59.3 Å². The van der Waals surface area contributed by atoms with Gasteiger partial charge in [-0.1, -0.05) is 43.3 Å². The summed E-state index contributed by atoms with van der Waals surface area (Å²) in [5.74, 6) is 1.24. The first-order valence-corrected chi connectivity index (χ1v) is 14.9. The van der Waals surface area contributed by atoms with Crippen LogP contribution in [-0.2, 0) is 5.75 Å². The van der Waals surface area contributed by atoms with Gasteiger partial charge in [0.15, 0.2) is 11.0 Å². The van der Waals surface area contributed by atoms with Crippen LogP contribution in [-0.4, -0.2) is 61.2 Å². The summed E-state index contributed by atoms with van der Waals surface area (Å²) in [5.41, 5.74) is 3.59. The van der Waals surface area contributed by atoms with E-state index in [9.17, 15) is 4.79 Å². The molecule has 0 spiro atoms. The second-order valence-electron chi connectivity index (χ2n) is 9.17. The Morgan fingerprint density at radius 3 is 2.55 bits per heavy atom. The highest BCUT2D eigenvalue weighted by Gasteiger charge is 2.18. The van der Waals surface area contributed by atoms with Gasteiger partial charge < -0.3 is 10.2 Å². The number of thioether (sulfide) groups is 1. The maximum atomic E-state index is 12.8. The van der Waals surface area contributed by atoms with Crippen LogP contribution < -0.4 is 5.32 Å². The predicted molar refractivity (Wildman–Crippen MR) is 155 cm³/mol. The summed E-state index contributed by atoms with van der Waals surface area (Å²) in [6.45, 7) is 11.7. The van der Waals surface area contributed by atoms with Crippen molar-refractivity contribution in [2.75, 3.05) is 19.6 Å². The molecular formula is C28H35N7OS2. The van der Waals surface area contributed by atoms with Crippen molar-refractivity contribution in [3.05, 3.63) is 70.4 Å². The lowest BCUT2D eigenvalue weighted by atomic mass is 10.1. The van der Waals surface area contributed by atoms with Gasteiger partial charge >= 0.3 is 0 Å². The first-order valence-electron chi connectivity index (χ1n) is 13.0. The van der Waals surface area contributed by atoms with E-state index in [1.165, 1.54) is 16.9 Å². The number of hydrogen-bond acceptors (Lipinski definition) is 8. The molecule has 4 aromatic rings. The monoisotopic (exact) mass is 549 g/mol. The molecule has 0 aliphatic rings. The van der Waals surface area contributed by atoms with Crippen molar-refractivity contribution in [2.45, 2.75) is 57.5 Å². The van der Waals surface area contributed by atoms with Gasteiger partial charge in [-0.15, -0.1) is 21.5 Å². The third kappa shape index (κ3) is 7.27. The Morgan fingerprint density at radius 2 is 1.84 bits per heavy atom. The number of aryl methyl sites for hydroxylation is 1. The molecule has 3 aromatic heterocycles. The summed E-state index contributed by atoms with van der Waals surface area (Å²) < 4.78 is 2.06. The van der Waals surface area contributed by atoms with Gasteiger partial charge in [-0.05, 0) is 70.6 Å². The SMILES string of the molecule is CCN(CC)CCCC(C)NC(=O)c1csc(CSc2nnc(-c3ccncc3)n2-c2ccc(C)cc2)n1. The Morgan fingerprint density at radius 1 is 1.11 bits per heavy atom. The zero-order valence-electron chi connectivity index (χ0n) is 22.4. The molecule has 0 saturated carbocycles. The molecule has 0 fully saturated rings. The molecule has 38 heavy (non-hydrogen) atoms. The number of hydrogen-bond donors (Lipinski definition) is 1. The van der Waals surface area contributed by atoms with Gasteiger partial charge in [-0.3, -0.25) is 14.3 Å². The van der Waals surface area contributed by atoms with E-state index < -0.39 is 0 Å². The Bertz CT molecular complexity index is 1300. The highest BCUT2D eigenvalue weighted by atomic mass is 32.2. The number of thiazole rings is 1. The molecule has 3 heterocycles. The lowest BCUT2D eigenvalue weighted by molar-refractivity contribution is 0.0932. The Labute approximate surface area is 232 Å². The number of nitrogens with zero attached hydrogens (tertiary/aromatic N) is 6. The van der Waals surface area contributed by atoms with Crippen LogP contribution in [0.1, 0.15) is 54.7 Å². The fourth-order valence-electron chi connectivity index (χ4n) is 4.12. The Balaban J connectivity index is 1.40. The zero-order chi connectivity index (χ0) is 26.9. The topological polar surface area (TPSA) is 88.8 Å². The summed E-state index contributed by atoms with van der Waals surface area (Å²) in [5, 5.41) is 15.6. The van der Waals surface area contributed by atoms with Crippen LogP contribution in [0.4, 0.5) is 0 Å². The van der Waals surface area contributed by atoms with Gasteiger partial charge in [-0.2, -0.15) is 0 Å². The fraction of sp³-hybridized carbons (Fsp3) is 0.393. The van der Waals surface area contributed by atoms with Crippen molar-refractivity contribution in [3.8, 4) is 17.1 Å². The van der Waals surface area contributed by atoms with Gasteiger partial charge in [0, 0.05) is 35.1 Å². The minimum absolute atomic E-state index is 0.109. The number of aromatic nitrogens is 5. The summed E-state index contributed by atoms with van der Waals surface area (Å²) in [4.78, 5) is 23.9. The van der Waals surface area contributed by atoms with E-state index in [-0.39, 0.29) is 11.9 Å². The minimum atomic E-state index is -0.115. The van der Waals surface area contributed by atoms with E-state index in [1.807, 2.05) is 17.5 Å². The second kappa shape index (κ2) is 13.6. The number of carbonyl (C=O) groups excluding carboxylic acids is 1. The van der Waals surface area contributed by atoms with E-state index in [0.717, 1.165) is 59.7 Å². The smallest absolute Gasteiger partial charge is 0.270 e. The summed E-state index contributed by atoms with van der Waals surface area (Å²) in [6, 6.07) is 12.3. The minimum Gasteiger partial charge on any atom is -0.348 e. The lowest BCUT2D eigenvalue weighted by Crippen LogP contribution is -2.33. The molecule has 0 aliphatic heterocycles. The van der Waals surface area contributed by atoms with Crippen molar-refractivity contribution in [3.63, 3.8) is 0 Å². The van der Waals surface area contributed by atoms with Crippen molar-refractivity contribution in [1.82, 2.24) is 34.9 Å². The Hall–Kier alpha value is -3.08. The van der Waals surface area contributed by atoms with Crippen LogP contribution in [0.5, 0.6) is 0 Å². The molecule has 0 aliphatic carbocycles. The Kier molecular flexibility index (Phi) is 10.0. The van der Waals surface area contributed by atoms with Crippen molar-refractivity contribution in [1.29, 1.82) is 0 Å². The van der Waals surface area contributed by atoms with Crippen molar-refractivity contribution in [2.24, 2.45) is 0 Å². The molecule has 0 saturated heterocycles. The quantitative estimate of drug-likeness (QED) is 0.216. The maximum Gasteiger partial charge on any atom is 0.270 e.